The highest BCUT2D eigenvalue weighted by atomic mass is 16.2. The number of ketones is 2. The number of carbonyl (C=O) groups is 2. The van der Waals surface area contributed by atoms with Crippen molar-refractivity contribution in [2.45, 2.75) is 0 Å². The van der Waals surface area contributed by atoms with Gasteiger partial charge in [0.2, 0.25) is 11.6 Å². The molecule has 0 heterocycles. The van der Waals surface area contributed by atoms with Crippen LogP contribution in [0.15, 0.2) is 48.5 Å². The van der Waals surface area contributed by atoms with E-state index in [1.54, 1.807) is 24.3 Å². The Hall–Kier alpha value is -2.09. The fraction of sp³-hybridized carbons (Fsp3) is 0. The van der Waals surface area contributed by atoms with Crippen molar-refractivity contribution in [2.75, 3.05) is 0 Å². The minimum absolute atomic E-state index is 0.436. The fourth-order valence-electron chi connectivity index (χ4n) is 1.67. The topological polar surface area (TPSA) is 34.1 Å². The summed E-state index contributed by atoms with van der Waals surface area (Å²) in [5.41, 5.74) is 3.00. The molecule has 2 nitrogen and oxygen atoms in total. The van der Waals surface area contributed by atoms with Gasteiger partial charge in [-0.05, 0) is 0 Å². The lowest BCUT2D eigenvalue weighted by Gasteiger charge is -2.02. The molecule has 0 N–H and O–H groups in total. The van der Waals surface area contributed by atoms with Crippen molar-refractivity contribution in [1.29, 1.82) is 0 Å². The Morgan fingerprint density at radius 1 is 0.611 bits per heavy atom. The summed E-state index contributed by atoms with van der Waals surface area (Å²) in [4.78, 5) is 24.0. The molecule has 0 aliphatic carbocycles. The molecule has 0 radical (unpaired) electrons. The van der Waals surface area contributed by atoms with E-state index in [1.807, 2.05) is 40.0 Å². The number of carbonyl (C=O) groups excluding carboxylic acids is 2. The van der Waals surface area contributed by atoms with Gasteiger partial charge in [0.1, 0.15) is 15.7 Å². The maximum absolute atomic E-state index is 12.0. The van der Waals surface area contributed by atoms with Crippen molar-refractivity contribution in [2.24, 2.45) is 0 Å². The van der Waals surface area contributed by atoms with E-state index in [0.29, 0.717) is 11.1 Å². The van der Waals surface area contributed by atoms with Gasteiger partial charge in [0.25, 0.3) is 0 Å². The minimum Gasteiger partial charge on any atom is -0.285 e. The zero-order valence-corrected chi connectivity index (χ0v) is 10.4. The molecule has 86 valence electrons. The van der Waals surface area contributed by atoms with Crippen LogP contribution in [-0.4, -0.2) is 27.3 Å². The number of hydrogen-bond acceptors (Lipinski definition) is 2. The van der Waals surface area contributed by atoms with Crippen LogP contribution in [0.3, 0.4) is 0 Å². The van der Waals surface area contributed by atoms with Crippen LogP contribution in [-0.2, 0) is 0 Å². The van der Waals surface area contributed by atoms with E-state index in [4.69, 9.17) is 0 Å². The van der Waals surface area contributed by atoms with Crippen LogP contribution < -0.4 is 10.9 Å². The standard InChI is InChI=1S/C14H12B2O2/c15-11-5-1-9(2-6-11)13(17)14(18)10-3-7-12(16)8-4-10/h1-8H,15-16H2. The molecule has 0 amide bonds. The minimum atomic E-state index is -0.459. The van der Waals surface area contributed by atoms with Crippen molar-refractivity contribution in [3.05, 3.63) is 59.7 Å². The maximum Gasteiger partial charge on any atom is 0.233 e. The third-order valence-electron chi connectivity index (χ3n) is 2.83. The van der Waals surface area contributed by atoms with Crippen molar-refractivity contribution in [1.82, 2.24) is 0 Å². The molecule has 4 heteroatoms. The Kier molecular flexibility index (Phi) is 3.47. The number of hydrogen-bond donors (Lipinski definition) is 0. The highest BCUT2D eigenvalue weighted by Gasteiger charge is 2.17. The monoisotopic (exact) mass is 234 g/mol. The highest BCUT2D eigenvalue weighted by Crippen LogP contribution is 2.06. The molecule has 0 aromatic heterocycles. The van der Waals surface area contributed by atoms with E-state index in [1.165, 1.54) is 0 Å². The van der Waals surface area contributed by atoms with Gasteiger partial charge in [-0.1, -0.05) is 59.5 Å². The second-order valence-electron chi connectivity index (χ2n) is 4.39. The molecule has 0 fully saturated rings. The molecule has 0 atom stereocenters. The zero-order chi connectivity index (χ0) is 13.1. The summed E-state index contributed by atoms with van der Waals surface area (Å²) in [6, 6.07) is 14.1. The molecule has 0 bridgehead atoms. The first-order valence-corrected chi connectivity index (χ1v) is 5.80. The molecule has 2 aromatic rings. The highest BCUT2D eigenvalue weighted by molar-refractivity contribution is 6.49. The van der Waals surface area contributed by atoms with Crippen molar-refractivity contribution in [3.8, 4) is 0 Å². The van der Waals surface area contributed by atoms with Crippen molar-refractivity contribution < 1.29 is 9.59 Å². The van der Waals surface area contributed by atoms with E-state index in [2.05, 4.69) is 0 Å². The maximum atomic E-state index is 12.0. The normalized spacial score (nSPS) is 10.0. The summed E-state index contributed by atoms with van der Waals surface area (Å²) < 4.78 is 0. The average molecular weight is 234 g/mol. The smallest absolute Gasteiger partial charge is 0.233 e. The fourth-order valence-corrected chi connectivity index (χ4v) is 1.67. The second kappa shape index (κ2) is 5.05. The van der Waals surface area contributed by atoms with Gasteiger partial charge in [-0.15, -0.1) is 0 Å². The van der Waals surface area contributed by atoms with E-state index in [0.717, 1.165) is 10.9 Å². The van der Waals surface area contributed by atoms with E-state index >= 15 is 0 Å². The molecule has 0 saturated heterocycles. The molecular formula is C14H12B2O2. The lowest BCUT2D eigenvalue weighted by molar-refractivity contribution is 0.0817. The Morgan fingerprint density at radius 2 is 0.889 bits per heavy atom. The molecule has 18 heavy (non-hydrogen) atoms. The first-order valence-electron chi connectivity index (χ1n) is 5.80. The third kappa shape index (κ3) is 2.59. The average Bonchev–Trinajstić information content (AvgIpc) is 2.39. The Balaban J connectivity index is 2.26. The zero-order valence-electron chi connectivity index (χ0n) is 10.4. The largest absolute Gasteiger partial charge is 0.285 e. The van der Waals surface area contributed by atoms with Gasteiger partial charge in [0, 0.05) is 11.1 Å². The van der Waals surface area contributed by atoms with Crippen LogP contribution in [0.5, 0.6) is 0 Å². The van der Waals surface area contributed by atoms with E-state index in [-0.39, 0.29) is 0 Å². The van der Waals surface area contributed by atoms with Gasteiger partial charge in [0.05, 0.1) is 0 Å². The Labute approximate surface area is 108 Å². The van der Waals surface area contributed by atoms with Gasteiger partial charge in [-0.25, -0.2) is 0 Å². The lowest BCUT2D eigenvalue weighted by atomic mass is 9.91. The van der Waals surface area contributed by atoms with Crippen molar-refractivity contribution in [3.63, 3.8) is 0 Å². The SMILES string of the molecule is Bc1ccc(C(=O)C(=O)c2ccc(B)cc2)cc1. The summed E-state index contributed by atoms with van der Waals surface area (Å²) in [6.45, 7) is 0. The molecule has 0 unspecified atom stereocenters. The summed E-state index contributed by atoms with van der Waals surface area (Å²) in [7, 11) is 3.88. The van der Waals surface area contributed by atoms with Crippen LogP contribution in [0.1, 0.15) is 20.7 Å². The quantitative estimate of drug-likeness (QED) is 0.398. The summed E-state index contributed by atoms with van der Waals surface area (Å²) >= 11 is 0. The van der Waals surface area contributed by atoms with Crippen LogP contribution in [0.25, 0.3) is 0 Å². The number of benzene rings is 2. The predicted octanol–water partition coefficient (Wildman–Crippen LogP) is -0.731. The van der Waals surface area contributed by atoms with E-state index in [9.17, 15) is 9.59 Å². The Bertz CT molecular complexity index is 531. The van der Waals surface area contributed by atoms with Gasteiger partial charge in [-0.3, -0.25) is 9.59 Å². The summed E-state index contributed by atoms with van der Waals surface area (Å²) in [5.74, 6) is -0.919. The van der Waals surface area contributed by atoms with Crippen LogP contribution in [0.2, 0.25) is 0 Å². The summed E-state index contributed by atoms with van der Waals surface area (Å²) in [5, 5.41) is 0. The predicted molar refractivity (Wildman–Crippen MR) is 77.9 cm³/mol. The van der Waals surface area contributed by atoms with Gasteiger partial charge >= 0.3 is 0 Å². The van der Waals surface area contributed by atoms with Crippen LogP contribution >= 0.6 is 0 Å². The number of rotatable bonds is 3. The molecule has 0 aliphatic rings. The van der Waals surface area contributed by atoms with Crippen molar-refractivity contribution >= 4 is 38.2 Å². The summed E-state index contributed by atoms with van der Waals surface area (Å²) in [6.07, 6.45) is 0. The lowest BCUT2D eigenvalue weighted by Crippen LogP contribution is -2.16. The second-order valence-corrected chi connectivity index (χ2v) is 4.39. The first-order chi connectivity index (χ1) is 8.58. The molecular weight excluding hydrogens is 222 g/mol. The molecule has 0 saturated carbocycles. The Morgan fingerprint density at radius 3 is 1.17 bits per heavy atom. The molecule has 2 aromatic carbocycles. The molecule has 0 aliphatic heterocycles. The number of Topliss-reactive ketones (excluding diaryl/α,β-unsaturated/α-hetero) is 2. The van der Waals surface area contributed by atoms with Gasteiger partial charge in [-0.2, -0.15) is 0 Å². The van der Waals surface area contributed by atoms with Crippen LogP contribution in [0.4, 0.5) is 0 Å². The molecule has 2 rings (SSSR count). The third-order valence-corrected chi connectivity index (χ3v) is 2.83. The molecule has 0 spiro atoms. The van der Waals surface area contributed by atoms with Crippen LogP contribution in [0, 0.1) is 0 Å². The first kappa shape index (κ1) is 12.4. The van der Waals surface area contributed by atoms with Gasteiger partial charge in [0.15, 0.2) is 0 Å². The van der Waals surface area contributed by atoms with E-state index < -0.39 is 11.6 Å². The van der Waals surface area contributed by atoms with Gasteiger partial charge < -0.3 is 0 Å².